The number of imidazole rings is 1. The molecule has 1 aromatic heterocycles. The van der Waals surface area contributed by atoms with E-state index in [2.05, 4.69) is 21.7 Å². The molecule has 56 valence electrons. The fourth-order valence-corrected chi connectivity index (χ4v) is 1.75. The number of hydrogen-bond donors (Lipinski definition) is 1. The smallest absolute Gasteiger partial charge is 0.0919 e. The lowest BCUT2D eigenvalue weighted by molar-refractivity contribution is 0.949. The van der Waals surface area contributed by atoms with Crippen LogP contribution in [-0.2, 0) is 0 Å². The SMILES string of the molecule is C1CCSC1.c1c[nH]cn1. The van der Waals surface area contributed by atoms with E-state index in [9.17, 15) is 0 Å². The highest BCUT2D eigenvalue weighted by molar-refractivity contribution is 7.99. The van der Waals surface area contributed by atoms with E-state index >= 15 is 0 Å². The first-order valence-corrected chi connectivity index (χ1v) is 4.66. The molecule has 1 aromatic rings. The molecule has 1 aliphatic heterocycles. The zero-order valence-corrected chi connectivity index (χ0v) is 6.73. The van der Waals surface area contributed by atoms with Crippen molar-refractivity contribution in [3.05, 3.63) is 18.7 Å². The summed E-state index contributed by atoms with van der Waals surface area (Å²) in [6, 6.07) is 0. The first-order valence-electron chi connectivity index (χ1n) is 3.50. The second kappa shape index (κ2) is 5.35. The van der Waals surface area contributed by atoms with Crippen LogP contribution in [0, 0.1) is 0 Å². The Morgan fingerprint density at radius 1 is 1.30 bits per heavy atom. The molecule has 0 aromatic carbocycles. The lowest BCUT2D eigenvalue weighted by Gasteiger charge is -1.69. The van der Waals surface area contributed by atoms with Crippen LogP contribution in [0.3, 0.4) is 0 Å². The van der Waals surface area contributed by atoms with Crippen molar-refractivity contribution in [3.63, 3.8) is 0 Å². The summed E-state index contributed by atoms with van der Waals surface area (Å²) in [5, 5.41) is 0. The second-order valence-corrected chi connectivity index (χ2v) is 3.30. The number of rotatable bonds is 0. The first-order chi connectivity index (χ1) is 5.00. The molecule has 0 amide bonds. The number of aromatic nitrogens is 2. The molecule has 1 N–H and O–H groups in total. The van der Waals surface area contributed by atoms with Gasteiger partial charge in [-0.3, -0.25) is 0 Å². The quantitative estimate of drug-likeness (QED) is 0.621. The summed E-state index contributed by atoms with van der Waals surface area (Å²) in [5.74, 6) is 2.83. The summed E-state index contributed by atoms with van der Waals surface area (Å²) in [5.41, 5.74) is 0. The van der Waals surface area contributed by atoms with Crippen LogP contribution in [0.4, 0.5) is 0 Å². The van der Waals surface area contributed by atoms with Crippen LogP contribution in [0.25, 0.3) is 0 Å². The van der Waals surface area contributed by atoms with Gasteiger partial charge in [0.1, 0.15) is 0 Å². The summed E-state index contributed by atoms with van der Waals surface area (Å²) in [6.07, 6.45) is 8.01. The van der Waals surface area contributed by atoms with Crippen molar-refractivity contribution in [1.82, 2.24) is 9.97 Å². The molecule has 2 nitrogen and oxygen atoms in total. The Bertz CT molecular complexity index is 110. The maximum absolute atomic E-state index is 3.67. The third kappa shape index (κ3) is 3.56. The molecule has 1 aliphatic rings. The average Bonchev–Trinajstić information content (AvgIpc) is 2.67. The predicted octanol–water partition coefficient (Wildman–Crippen LogP) is 1.92. The molecule has 2 rings (SSSR count). The monoisotopic (exact) mass is 156 g/mol. The topological polar surface area (TPSA) is 28.7 Å². The first kappa shape index (κ1) is 7.66. The summed E-state index contributed by atoms with van der Waals surface area (Å²) >= 11 is 2.07. The van der Waals surface area contributed by atoms with Gasteiger partial charge in [-0.05, 0) is 24.3 Å². The second-order valence-electron chi connectivity index (χ2n) is 2.08. The minimum Gasteiger partial charge on any atom is -0.351 e. The number of aromatic amines is 1. The largest absolute Gasteiger partial charge is 0.351 e. The van der Waals surface area contributed by atoms with Crippen LogP contribution in [0.15, 0.2) is 18.7 Å². The fraction of sp³-hybridized carbons (Fsp3) is 0.571. The van der Waals surface area contributed by atoms with E-state index < -0.39 is 0 Å². The van der Waals surface area contributed by atoms with E-state index in [4.69, 9.17) is 0 Å². The van der Waals surface area contributed by atoms with Crippen molar-refractivity contribution in [3.8, 4) is 0 Å². The van der Waals surface area contributed by atoms with Crippen LogP contribution in [0.5, 0.6) is 0 Å². The molecule has 0 radical (unpaired) electrons. The van der Waals surface area contributed by atoms with Gasteiger partial charge in [-0.15, -0.1) is 0 Å². The van der Waals surface area contributed by atoms with Gasteiger partial charge < -0.3 is 4.98 Å². The molecule has 3 heteroatoms. The Hall–Kier alpha value is -0.440. The number of nitrogens with one attached hydrogen (secondary N) is 1. The lowest BCUT2D eigenvalue weighted by Crippen LogP contribution is -1.58. The molecule has 0 spiro atoms. The van der Waals surface area contributed by atoms with E-state index in [0.717, 1.165) is 0 Å². The van der Waals surface area contributed by atoms with Gasteiger partial charge in [-0.1, -0.05) is 0 Å². The van der Waals surface area contributed by atoms with Crippen molar-refractivity contribution >= 4 is 11.8 Å². The molecular weight excluding hydrogens is 144 g/mol. The van der Waals surface area contributed by atoms with Gasteiger partial charge in [-0.25, -0.2) is 4.98 Å². The number of nitrogens with zero attached hydrogens (tertiary/aromatic N) is 1. The van der Waals surface area contributed by atoms with Crippen molar-refractivity contribution < 1.29 is 0 Å². The van der Waals surface area contributed by atoms with Crippen LogP contribution < -0.4 is 0 Å². The molecule has 10 heavy (non-hydrogen) atoms. The number of H-pyrrole nitrogens is 1. The van der Waals surface area contributed by atoms with Gasteiger partial charge >= 0.3 is 0 Å². The third-order valence-electron chi connectivity index (χ3n) is 1.23. The van der Waals surface area contributed by atoms with E-state index in [1.54, 1.807) is 18.7 Å². The van der Waals surface area contributed by atoms with Gasteiger partial charge in [0.25, 0.3) is 0 Å². The minimum atomic E-state index is 1.42. The van der Waals surface area contributed by atoms with Gasteiger partial charge in [0.15, 0.2) is 0 Å². The highest BCUT2D eigenvalue weighted by atomic mass is 32.2. The minimum absolute atomic E-state index is 1.42. The Morgan fingerprint density at radius 2 is 2.10 bits per heavy atom. The van der Waals surface area contributed by atoms with E-state index in [1.165, 1.54) is 24.3 Å². The Labute approximate surface area is 65.4 Å². The van der Waals surface area contributed by atoms with Crippen LogP contribution in [-0.4, -0.2) is 21.5 Å². The van der Waals surface area contributed by atoms with E-state index in [1.807, 2.05) is 0 Å². The molecule has 0 aliphatic carbocycles. The summed E-state index contributed by atoms with van der Waals surface area (Å²) < 4.78 is 0. The molecule has 1 fully saturated rings. The normalized spacial score (nSPS) is 16.0. The van der Waals surface area contributed by atoms with Gasteiger partial charge in [0.2, 0.25) is 0 Å². The van der Waals surface area contributed by atoms with Crippen molar-refractivity contribution in [1.29, 1.82) is 0 Å². The summed E-state index contributed by atoms with van der Waals surface area (Å²) in [6.45, 7) is 0. The fourth-order valence-electron chi connectivity index (χ4n) is 0.725. The zero-order valence-electron chi connectivity index (χ0n) is 5.92. The Morgan fingerprint density at radius 3 is 2.30 bits per heavy atom. The lowest BCUT2D eigenvalue weighted by atomic mass is 10.4. The standard InChI is InChI=1S/C4H8S.C3H4N2/c1-2-4-5-3-1;1-2-5-3-4-1/h1-4H2;1-3H,(H,4,5). The van der Waals surface area contributed by atoms with Crippen LogP contribution in [0.1, 0.15) is 12.8 Å². The maximum atomic E-state index is 3.67. The number of thioether (sulfide) groups is 1. The number of hydrogen-bond acceptors (Lipinski definition) is 2. The Kier molecular flexibility index (Phi) is 4.10. The van der Waals surface area contributed by atoms with Gasteiger partial charge in [0.05, 0.1) is 6.33 Å². The van der Waals surface area contributed by atoms with Crippen LogP contribution in [0.2, 0.25) is 0 Å². The molecule has 2 heterocycles. The molecule has 0 saturated carbocycles. The van der Waals surface area contributed by atoms with Crippen molar-refractivity contribution in [2.24, 2.45) is 0 Å². The Balaban J connectivity index is 0.0000001000. The predicted molar refractivity (Wildman–Crippen MR) is 45.1 cm³/mol. The molecule has 1 saturated heterocycles. The maximum Gasteiger partial charge on any atom is 0.0919 e. The highest BCUT2D eigenvalue weighted by Crippen LogP contribution is 2.14. The van der Waals surface area contributed by atoms with Gasteiger partial charge in [0, 0.05) is 12.4 Å². The molecule has 0 atom stereocenters. The summed E-state index contributed by atoms with van der Waals surface area (Å²) in [4.78, 5) is 6.42. The van der Waals surface area contributed by atoms with Crippen LogP contribution >= 0.6 is 11.8 Å². The van der Waals surface area contributed by atoms with E-state index in [0.29, 0.717) is 0 Å². The average molecular weight is 156 g/mol. The van der Waals surface area contributed by atoms with Gasteiger partial charge in [-0.2, -0.15) is 11.8 Å². The molecule has 0 bridgehead atoms. The zero-order chi connectivity index (χ0) is 7.07. The third-order valence-corrected chi connectivity index (χ3v) is 2.39. The van der Waals surface area contributed by atoms with E-state index in [-0.39, 0.29) is 0 Å². The molecule has 0 unspecified atom stereocenters. The summed E-state index contributed by atoms with van der Waals surface area (Å²) in [7, 11) is 0. The molecular formula is C7H12N2S. The van der Waals surface area contributed by atoms with Crippen molar-refractivity contribution in [2.75, 3.05) is 11.5 Å². The van der Waals surface area contributed by atoms with Crippen molar-refractivity contribution in [2.45, 2.75) is 12.8 Å². The highest BCUT2D eigenvalue weighted by Gasteiger charge is 1.95.